The van der Waals surface area contributed by atoms with Gasteiger partial charge >= 0.3 is 12.0 Å². The van der Waals surface area contributed by atoms with Gasteiger partial charge in [0, 0.05) is 0 Å². The molecule has 0 aromatic rings. The topological polar surface area (TPSA) is 156 Å². The normalized spacial score (nSPS) is 9.25. The summed E-state index contributed by atoms with van der Waals surface area (Å²) in [7, 11) is 0. The number of carbonyl (C=O) groups excluding carboxylic acids is 3. The second-order valence-corrected chi connectivity index (χ2v) is 2.84. The van der Waals surface area contributed by atoms with Crippen molar-refractivity contribution in [1.29, 1.82) is 0 Å². The zero-order valence-corrected chi connectivity index (χ0v) is 8.30. The maximum atomic E-state index is 11.3. The highest BCUT2D eigenvalue weighted by Crippen LogP contribution is 1.89. The van der Waals surface area contributed by atoms with E-state index >= 15 is 0 Å². The number of aliphatic carboxylic acids is 1. The number of hydrogen-bond donors (Lipinski definition) is 4. The van der Waals surface area contributed by atoms with Crippen LogP contribution in [0.5, 0.6) is 0 Å². The fraction of sp³-hybridized carbons (Fsp3) is 0.429. The van der Waals surface area contributed by atoms with Crippen LogP contribution in [-0.4, -0.2) is 53.5 Å². The van der Waals surface area contributed by atoms with E-state index in [4.69, 9.17) is 16.6 Å². The van der Waals surface area contributed by atoms with E-state index in [9.17, 15) is 19.2 Å². The molecule has 0 bridgehead atoms. The van der Waals surface area contributed by atoms with E-state index in [1.165, 1.54) is 0 Å². The minimum Gasteiger partial charge on any atom is -0.480 e. The Morgan fingerprint density at radius 3 is 2.00 bits per heavy atom. The Hall–Kier alpha value is -2.32. The van der Waals surface area contributed by atoms with Crippen LogP contribution in [0.1, 0.15) is 0 Å². The molecule has 0 aromatic heterocycles. The van der Waals surface area contributed by atoms with Gasteiger partial charge in [0.1, 0.15) is 13.1 Å². The third-order valence-corrected chi connectivity index (χ3v) is 1.37. The molecular formula is C7H12N4O5. The lowest BCUT2D eigenvalue weighted by Gasteiger charge is -2.18. The third-order valence-electron chi connectivity index (χ3n) is 1.37. The van der Waals surface area contributed by atoms with E-state index in [1.807, 2.05) is 5.32 Å². The Labute approximate surface area is 90.4 Å². The average molecular weight is 232 g/mol. The maximum Gasteiger partial charge on any atom is 0.323 e. The number of nitrogens with two attached hydrogens (primary N) is 2. The van der Waals surface area contributed by atoms with Gasteiger partial charge in [0.25, 0.3) is 0 Å². The molecule has 0 aliphatic carbocycles. The van der Waals surface area contributed by atoms with E-state index in [2.05, 4.69) is 0 Å². The maximum absolute atomic E-state index is 11.3. The lowest BCUT2D eigenvalue weighted by Crippen LogP contribution is -2.48. The van der Waals surface area contributed by atoms with Crippen LogP contribution in [0.4, 0.5) is 4.79 Å². The summed E-state index contributed by atoms with van der Waals surface area (Å²) < 4.78 is 0. The number of carbonyl (C=O) groups is 4. The number of carboxylic acid groups (broad SMARTS) is 1. The molecule has 0 saturated heterocycles. The van der Waals surface area contributed by atoms with E-state index in [0.29, 0.717) is 4.90 Å². The van der Waals surface area contributed by atoms with Crippen molar-refractivity contribution in [2.45, 2.75) is 0 Å². The van der Waals surface area contributed by atoms with Crippen LogP contribution in [0.15, 0.2) is 0 Å². The Kier molecular flexibility index (Phi) is 5.32. The molecule has 9 heteroatoms. The average Bonchev–Trinajstić information content (AvgIpc) is 2.11. The molecule has 0 aromatic carbocycles. The minimum absolute atomic E-state index is 0.451. The van der Waals surface area contributed by atoms with Gasteiger partial charge in [0.05, 0.1) is 6.54 Å². The molecule has 16 heavy (non-hydrogen) atoms. The fourth-order valence-electron chi connectivity index (χ4n) is 0.825. The summed E-state index contributed by atoms with van der Waals surface area (Å²) >= 11 is 0. The summed E-state index contributed by atoms with van der Waals surface area (Å²) in [6.07, 6.45) is 0. The van der Waals surface area contributed by atoms with Crippen molar-refractivity contribution in [3.8, 4) is 0 Å². The third kappa shape index (κ3) is 6.18. The summed E-state index contributed by atoms with van der Waals surface area (Å²) in [5.74, 6) is -2.96. The summed E-state index contributed by atoms with van der Waals surface area (Å²) in [6.45, 7) is -1.71. The molecule has 90 valence electrons. The van der Waals surface area contributed by atoms with Crippen LogP contribution >= 0.6 is 0 Å². The number of hydrogen-bond acceptors (Lipinski definition) is 4. The van der Waals surface area contributed by atoms with Crippen LogP contribution < -0.4 is 16.8 Å². The van der Waals surface area contributed by atoms with Crippen LogP contribution in [0.3, 0.4) is 0 Å². The molecular weight excluding hydrogens is 220 g/mol. The van der Waals surface area contributed by atoms with E-state index < -0.39 is 43.4 Å². The van der Waals surface area contributed by atoms with Gasteiger partial charge in [-0.3, -0.25) is 14.4 Å². The van der Waals surface area contributed by atoms with Gasteiger partial charge in [0.15, 0.2) is 0 Å². The zero-order chi connectivity index (χ0) is 12.7. The standard InChI is InChI=1S/C7H12N4O5/c8-4(12)1-10-7(16)11(2-5(9)13)3-6(14)15/h1-3H2,(H2,8,12)(H2,9,13)(H,10,16)(H,14,15). The molecule has 0 atom stereocenters. The fourth-order valence-corrected chi connectivity index (χ4v) is 0.825. The molecule has 0 unspecified atom stereocenters. The van der Waals surface area contributed by atoms with Gasteiger partial charge < -0.3 is 26.8 Å². The zero-order valence-electron chi connectivity index (χ0n) is 8.30. The smallest absolute Gasteiger partial charge is 0.323 e. The highest BCUT2D eigenvalue weighted by atomic mass is 16.4. The second-order valence-electron chi connectivity index (χ2n) is 2.84. The van der Waals surface area contributed by atoms with E-state index in [0.717, 1.165) is 0 Å². The van der Waals surface area contributed by atoms with Gasteiger partial charge in [-0.1, -0.05) is 0 Å². The summed E-state index contributed by atoms with van der Waals surface area (Å²) in [4.78, 5) is 43.2. The number of urea groups is 1. The highest BCUT2D eigenvalue weighted by Gasteiger charge is 2.18. The van der Waals surface area contributed by atoms with Gasteiger partial charge in [-0.2, -0.15) is 0 Å². The molecule has 0 aliphatic heterocycles. The molecule has 0 heterocycles. The largest absolute Gasteiger partial charge is 0.480 e. The van der Waals surface area contributed by atoms with Crippen molar-refractivity contribution in [2.24, 2.45) is 11.5 Å². The minimum atomic E-state index is -1.31. The second kappa shape index (κ2) is 6.22. The predicted molar refractivity (Wildman–Crippen MR) is 51.0 cm³/mol. The molecule has 6 N–H and O–H groups in total. The molecule has 0 rings (SSSR count). The van der Waals surface area contributed by atoms with Crippen molar-refractivity contribution >= 4 is 23.8 Å². The number of primary amides is 2. The van der Waals surface area contributed by atoms with Crippen molar-refractivity contribution in [3.05, 3.63) is 0 Å². The first-order valence-electron chi connectivity index (χ1n) is 4.14. The van der Waals surface area contributed by atoms with Crippen LogP contribution in [0.25, 0.3) is 0 Å². The Morgan fingerprint density at radius 1 is 1.06 bits per heavy atom. The quantitative estimate of drug-likeness (QED) is 0.385. The molecule has 4 amide bonds. The number of carboxylic acids is 1. The Morgan fingerprint density at radius 2 is 1.62 bits per heavy atom. The molecule has 0 fully saturated rings. The van der Waals surface area contributed by atoms with Crippen molar-refractivity contribution in [2.75, 3.05) is 19.6 Å². The highest BCUT2D eigenvalue weighted by molar-refractivity contribution is 5.88. The van der Waals surface area contributed by atoms with Gasteiger partial charge in [-0.15, -0.1) is 0 Å². The first-order chi connectivity index (χ1) is 7.32. The van der Waals surface area contributed by atoms with Crippen LogP contribution in [0, 0.1) is 0 Å². The van der Waals surface area contributed by atoms with Crippen LogP contribution in [0.2, 0.25) is 0 Å². The van der Waals surface area contributed by atoms with Crippen LogP contribution in [-0.2, 0) is 14.4 Å². The first kappa shape index (κ1) is 13.7. The first-order valence-corrected chi connectivity index (χ1v) is 4.14. The van der Waals surface area contributed by atoms with Gasteiger partial charge in [-0.25, -0.2) is 4.79 Å². The number of rotatable bonds is 6. The summed E-state index contributed by atoms with van der Waals surface area (Å²) in [5.41, 5.74) is 9.58. The molecule has 0 saturated carbocycles. The molecule has 0 aliphatic rings. The monoisotopic (exact) mass is 232 g/mol. The van der Waals surface area contributed by atoms with Crippen molar-refractivity contribution < 1.29 is 24.3 Å². The lowest BCUT2D eigenvalue weighted by atomic mass is 10.4. The van der Waals surface area contributed by atoms with Crippen molar-refractivity contribution in [3.63, 3.8) is 0 Å². The lowest BCUT2D eigenvalue weighted by molar-refractivity contribution is -0.137. The Balaban J connectivity index is 4.36. The molecule has 9 nitrogen and oxygen atoms in total. The van der Waals surface area contributed by atoms with Gasteiger partial charge in [0.2, 0.25) is 11.8 Å². The number of nitrogens with one attached hydrogen (secondary N) is 1. The predicted octanol–water partition coefficient (Wildman–Crippen LogP) is -2.95. The summed E-state index contributed by atoms with van der Waals surface area (Å²) in [6, 6.07) is -0.903. The van der Waals surface area contributed by atoms with Crippen molar-refractivity contribution in [1.82, 2.24) is 10.2 Å². The molecule has 0 spiro atoms. The number of amides is 4. The summed E-state index contributed by atoms with van der Waals surface area (Å²) in [5, 5.41) is 10.5. The number of nitrogens with zero attached hydrogens (tertiary/aromatic N) is 1. The van der Waals surface area contributed by atoms with E-state index in [1.54, 1.807) is 0 Å². The molecule has 0 radical (unpaired) electrons. The Bertz CT molecular complexity index is 300. The van der Waals surface area contributed by atoms with E-state index in [-0.39, 0.29) is 0 Å². The van der Waals surface area contributed by atoms with Gasteiger partial charge in [-0.05, 0) is 0 Å². The SMILES string of the molecule is NC(=O)CNC(=O)N(CC(N)=O)CC(=O)O.